The van der Waals surface area contributed by atoms with Crippen molar-refractivity contribution in [1.82, 2.24) is 34.4 Å². The minimum absolute atomic E-state index is 0.264. The predicted molar refractivity (Wildman–Crippen MR) is 128 cm³/mol. The van der Waals surface area contributed by atoms with Gasteiger partial charge in [0.2, 0.25) is 5.91 Å². The van der Waals surface area contributed by atoms with E-state index in [1.54, 1.807) is 24.7 Å². The first-order valence-corrected chi connectivity index (χ1v) is 10.9. The van der Waals surface area contributed by atoms with Crippen LogP contribution in [0.15, 0.2) is 84.0 Å². The van der Waals surface area contributed by atoms with Gasteiger partial charge >= 0.3 is 0 Å². The van der Waals surface area contributed by atoms with Crippen LogP contribution in [0.4, 0.5) is 0 Å². The molecule has 4 heterocycles. The number of rotatable bonds is 6. The number of hydrogen-bond acceptors (Lipinski definition) is 5. The smallest absolute Gasteiger partial charge is 0.280 e. The maximum absolute atomic E-state index is 13.7. The second-order valence-electron chi connectivity index (χ2n) is 7.93. The first-order chi connectivity index (χ1) is 16.5. The van der Waals surface area contributed by atoms with Gasteiger partial charge in [-0.1, -0.05) is 24.3 Å². The normalized spacial score (nSPS) is 12.1. The van der Waals surface area contributed by atoms with Crippen molar-refractivity contribution in [1.29, 1.82) is 0 Å². The third-order valence-corrected chi connectivity index (χ3v) is 5.65. The first-order valence-electron chi connectivity index (χ1n) is 10.9. The zero-order valence-electron chi connectivity index (χ0n) is 18.8. The molecule has 9 heteroatoms. The number of carbonyl (C=O) groups is 1. The summed E-state index contributed by atoms with van der Waals surface area (Å²) in [6.07, 6.45) is 5.39. The molecule has 170 valence electrons. The molecular formula is C25H23N7O2. The SMILES string of the molecule is Cc1nn([C@H](C)C(=O)NCc2ccccn2)c(=O)c2c(-n3cccc3)n(-c3ccccc3)nc12. The van der Waals surface area contributed by atoms with Gasteiger partial charge in [0.05, 0.1) is 23.6 Å². The number of amides is 1. The standard InChI is InChI=1S/C25H23N7O2/c1-17-22-21(24(30-14-8-9-15-30)32(29-22)20-11-4-3-5-12-20)25(34)31(28-17)18(2)23(33)27-16-19-10-6-7-13-26-19/h3-15,18H,16H2,1-2H3,(H,27,33)/t18-/m1/s1. The number of para-hydroxylation sites is 1. The van der Waals surface area contributed by atoms with E-state index in [-0.39, 0.29) is 18.0 Å². The quantitative estimate of drug-likeness (QED) is 0.426. The van der Waals surface area contributed by atoms with Crippen LogP contribution in [0.5, 0.6) is 0 Å². The fourth-order valence-corrected chi connectivity index (χ4v) is 3.89. The molecule has 0 aliphatic carbocycles. The summed E-state index contributed by atoms with van der Waals surface area (Å²) < 4.78 is 4.81. The van der Waals surface area contributed by atoms with Crippen LogP contribution in [-0.2, 0) is 11.3 Å². The molecule has 0 saturated carbocycles. The number of carbonyl (C=O) groups excluding carboxylic acids is 1. The molecule has 1 atom stereocenters. The van der Waals surface area contributed by atoms with E-state index in [9.17, 15) is 9.59 Å². The summed E-state index contributed by atoms with van der Waals surface area (Å²) in [6, 6.07) is 18.0. The lowest BCUT2D eigenvalue weighted by Crippen LogP contribution is -2.37. The van der Waals surface area contributed by atoms with Crippen LogP contribution < -0.4 is 10.9 Å². The molecule has 9 nitrogen and oxygen atoms in total. The second-order valence-corrected chi connectivity index (χ2v) is 7.93. The molecule has 5 rings (SSSR count). The molecule has 5 aromatic rings. The van der Waals surface area contributed by atoms with Crippen molar-refractivity contribution in [2.75, 3.05) is 0 Å². The molecule has 0 saturated heterocycles. The summed E-state index contributed by atoms with van der Waals surface area (Å²) >= 11 is 0. The molecule has 0 fully saturated rings. The summed E-state index contributed by atoms with van der Waals surface area (Å²) in [4.78, 5) is 30.8. The third kappa shape index (κ3) is 3.77. The van der Waals surface area contributed by atoms with Gasteiger partial charge in [0.25, 0.3) is 5.56 Å². The van der Waals surface area contributed by atoms with Crippen LogP contribution in [0.2, 0.25) is 0 Å². The van der Waals surface area contributed by atoms with Crippen LogP contribution in [-0.4, -0.2) is 35.0 Å². The molecule has 0 spiro atoms. The van der Waals surface area contributed by atoms with Crippen molar-refractivity contribution in [3.63, 3.8) is 0 Å². The van der Waals surface area contributed by atoms with Crippen molar-refractivity contribution < 1.29 is 4.79 Å². The zero-order valence-corrected chi connectivity index (χ0v) is 18.8. The highest BCUT2D eigenvalue weighted by Crippen LogP contribution is 2.25. The lowest BCUT2D eigenvalue weighted by atomic mass is 10.2. The van der Waals surface area contributed by atoms with Crippen molar-refractivity contribution >= 4 is 16.8 Å². The van der Waals surface area contributed by atoms with Crippen LogP contribution in [0.3, 0.4) is 0 Å². The third-order valence-electron chi connectivity index (χ3n) is 5.65. The summed E-state index contributed by atoms with van der Waals surface area (Å²) in [5.74, 6) is 0.272. The predicted octanol–water partition coefficient (Wildman–Crippen LogP) is 2.95. The number of aromatic nitrogens is 6. The highest BCUT2D eigenvalue weighted by Gasteiger charge is 2.25. The van der Waals surface area contributed by atoms with Crippen LogP contribution in [0.25, 0.3) is 22.4 Å². The van der Waals surface area contributed by atoms with Crippen LogP contribution in [0, 0.1) is 6.92 Å². The Morgan fingerprint density at radius 2 is 1.74 bits per heavy atom. The number of nitrogens with zero attached hydrogens (tertiary/aromatic N) is 6. The fraction of sp³-hybridized carbons (Fsp3) is 0.160. The molecule has 0 aliphatic heterocycles. The van der Waals surface area contributed by atoms with Crippen molar-refractivity contribution in [3.05, 3.63) is 101 Å². The maximum atomic E-state index is 13.7. The van der Waals surface area contributed by atoms with E-state index in [2.05, 4.69) is 15.4 Å². The van der Waals surface area contributed by atoms with Gasteiger partial charge in [-0.15, -0.1) is 0 Å². The topological polar surface area (TPSA) is 99.6 Å². The van der Waals surface area contributed by atoms with Crippen molar-refractivity contribution in [3.8, 4) is 11.5 Å². The summed E-state index contributed by atoms with van der Waals surface area (Å²) in [7, 11) is 0. The van der Waals surface area contributed by atoms with Gasteiger partial charge < -0.3 is 9.88 Å². The minimum atomic E-state index is -0.822. The van der Waals surface area contributed by atoms with E-state index in [1.165, 1.54) is 4.68 Å². The monoisotopic (exact) mass is 453 g/mol. The van der Waals surface area contributed by atoms with Crippen molar-refractivity contribution in [2.24, 2.45) is 0 Å². The van der Waals surface area contributed by atoms with E-state index in [0.29, 0.717) is 22.4 Å². The number of hydrogen-bond donors (Lipinski definition) is 1. The molecule has 1 N–H and O–H groups in total. The summed E-state index contributed by atoms with van der Waals surface area (Å²) in [5, 5.41) is 12.4. The van der Waals surface area contributed by atoms with Gasteiger partial charge in [-0.05, 0) is 50.2 Å². The molecule has 0 unspecified atom stereocenters. The van der Waals surface area contributed by atoms with Gasteiger partial charge in [-0.2, -0.15) is 10.2 Å². The van der Waals surface area contributed by atoms with E-state index in [1.807, 2.05) is 77.6 Å². The number of benzene rings is 1. The first kappa shape index (κ1) is 21.3. The van der Waals surface area contributed by atoms with Gasteiger partial charge in [-0.3, -0.25) is 14.6 Å². The average Bonchev–Trinajstić information content (AvgIpc) is 3.54. The molecule has 34 heavy (non-hydrogen) atoms. The Balaban J connectivity index is 1.61. The number of fused-ring (bicyclic) bond motifs is 1. The number of pyridine rings is 1. The minimum Gasteiger partial charge on any atom is -0.349 e. The molecule has 1 amide bonds. The highest BCUT2D eigenvalue weighted by atomic mass is 16.2. The van der Waals surface area contributed by atoms with Crippen molar-refractivity contribution in [2.45, 2.75) is 26.4 Å². The van der Waals surface area contributed by atoms with E-state index < -0.39 is 6.04 Å². The fourth-order valence-electron chi connectivity index (χ4n) is 3.89. The van der Waals surface area contributed by atoms with E-state index in [0.717, 1.165) is 11.4 Å². The highest BCUT2D eigenvalue weighted by molar-refractivity contribution is 5.88. The second kappa shape index (κ2) is 8.78. The Morgan fingerprint density at radius 3 is 2.44 bits per heavy atom. The van der Waals surface area contributed by atoms with Gasteiger partial charge in [0.1, 0.15) is 16.9 Å². The number of aryl methyl sites for hydroxylation is 1. The zero-order chi connectivity index (χ0) is 23.7. The Morgan fingerprint density at radius 1 is 1.00 bits per heavy atom. The van der Waals surface area contributed by atoms with Crippen LogP contribution in [0.1, 0.15) is 24.4 Å². The van der Waals surface area contributed by atoms with Gasteiger partial charge in [0, 0.05) is 18.6 Å². The largest absolute Gasteiger partial charge is 0.349 e. The Labute approximate surface area is 195 Å². The molecule has 0 aliphatic rings. The molecule has 0 radical (unpaired) electrons. The van der Waals surface area contributed by atoms with E-state index in [4.69, 9.17) is 5.10 Å². The Hall–Kier alpha value is -4.53. The number of nitrogens with one attached hydrogen (secondary N) is 1. The average molecular weight is 454 g/mol. The van der Waals surface area contributed by atoms with Gasteiger partial charge in [-0.25, -0.2) is 9.36 Å². The Kier molecular flexibility index (Phi) is 5.51. The molecule has 1 aromatic carbocycles. The molecule has 0 bridgehead atoms. The van der Waals surface area contributed by atoms with Gasteiger partial charge in [0.15, 0.2) is 5.82 Å². The lowest BCUT2D eigenvalue weighted by Gasteiger charge is -2.15. The lowest BCUT2D eigenvalue weighted by molar-refractivity contribution is -0.124. The van der Waals surface area contributed by atoms with E-state index >= 15 is 0 Å². The molecular weight excluding hydrogens is 430 g/mol. The van der Waals surface area contributed by atoms with Crippen LogP contribution >= 0.6 is 0 Å². The Bertz CT molecular complexity index is 1500. The maximum Gasteiger partial charge on any atom is 0.280 e. The molecule has 4 aromatic heterocycles. The summed E-state index contributed by atoms with van der Waals surface area (Å²) in [5.41, 5.74) is 2.21. The summed E-state index contributed by atoms with van der Waals surface area (Å²) in [6.45, 7) is 3.71.